The molecule has 68 valence electrons. The molecule has 1 aromatic rings. The van der Waals surface area contributed by atoms with E-state index in [1.165, 1.54) is 0 Å². The van der Waals surface area contributed by atoms with Crippen molar-refractivity contribution >= 4 is 11.6 Å². The van der Waals surface area contributed by atoms with E-state index in [4.69, 9.17) is 0 Å². The number of anilines is 1. The first kappa shape index (κ1) is 8.26. The van der Waals surface area contributed by atoms with E-state index in [1.807, 2.05) is 43.3 Å². The molecule has 1 heterocycles. The lowest BCUT2D eigenvalue weighted by Gasteiger charge is -2.16. The van der Waals surface area contributed by atoms with Crippen LogP contribution < -0.4 is 5.32 Å². The smallest absolute Gasteiger partial charge is 0.246 e. The summed E-state index contributed by atoms with van der Waals surface area (Å²) in [6, 6.07) is 7.66. The van der Waals surface area contributed by atoms with Crippen LogP contribution >= 0.6 is 0 Å². The number of rotatable bonds is 1. The van der Waals surface area contributed by atoms with Crippen LogP contribution in [0.4, 0.5) is 5.69 Å². The number of hydrogen-bond donors (Lipinski definition) is 1. The number of para-hydroxylation sites is 1. The second-order valence-corrected chi connectivity index (χ2v) is 3.44. The summed E-state index contributed by atoms with van der Waals surface area (Å²) < 4.78 is 0. The minimum atomic E-state index is -0.129. The number of amides is 1. The lowest BCUT2D eigenvalue weighted by atomic mass is 10.1. The third kappa shape index (κ3) is 1.21. The molecule has 3 nitrogen and oxygen atoms in total. The molecule has 1 N–H and O–H groups in total. The Bertz CT molecular complexity index is 347. The zero-order valence-electron chi connectivity index (χ0n) is 7.74. The van der Waals surface area contributed by atoms with Crippen molar-refractivity contribution in [3.8, 4) is 0 Å². The second-order valence-electron chi connectivity index (χ2n) is 3.44. The monoisotopic (exact) mass is 176 g/mol. The van der Waals surface area contributed by atoms with Gasteiger partial charge in [0.1, 0.15) is 6.04 Å². The van der Waals surface area contributed by atoms with Crippen LogP contribution in [0.3, 0.4) is 0 Å². The Labute approximate surface area is 77.4 Å². The molecule has 1 unspecified atom stereocenters. The Morgan fingerprint density at radius 3 is 2.69 bits per heavy atom. The van der Waals surface area contributed by atoms with Crippen LogP contribution in [0.1, 0.15) is 11.6 Å². The van der Waals surface area contributed by atoms with Gasteiger partial charge in [-0.3, -0.25) is 9.69 Å². The zero-order chi connectivity index (χ0) is 9.42. The van der Waals surface area contributed by atoms with Crippen molar-refractivity contribution in [3.05, 3.63) is 29.8 Å². The molecule has 3 heteroatoms. The Kier molecular flexibility index (Phi) is 1.81. The maximum atomic E-state index is 11.5. The van der Waals surface area contributed by atoms with Crippen LogP contribution in [0.5, 0.6) is 0 Å². The van der Waals surface area contributed by atoms with Gasteiger partial charge in [0.15, 0.2) is 0 Å². The lowest BCUT2D eigenvalue weighted by Crippen LogP contribution is -2.26. The fourth-order valence-electron chi connectivity index (χ4n) is 1.70. The summed E-state index contributed by atoms with van der Waals surface area (Å²) in [7, 11) is 3.82. The molecular weight excluding hydrogens is 164 g/mol. The number of nitrogens with zero attached hydrogens (tertiary/aromatic N) is 1. The summed E-state index contributed by atoms with van der Waals surface area (Å²) >= 11 is 0. The van der Waals surface area contributed by atoms with Crippen LogP contribution in [0.25, 0.3) is 0 Å². The van der Waals surface area contributed by atoms with E-state index in [9.17, 15) is 4.79 Å². The normalized spacial score (nSPS) is 20.2. The molecule has 0 saturated carbocycles. The van der Waals surface area contributed by atoms with Gasteiger partial charge in [0.25, 0.3) is 0 Å². The molecule has 0 fully saturated rings. The Morgan fingerprint density at radius 1 is 1.31 bits per heavy atom. The van der Waals surface area contributed by atoms with E-state index in [0.29, 0.717) is 0 Å². The van der Waals surface area contributed by atoms with Crippen LogP contribution in [-0.2, 0) is 4.79 Å². The lowest BCUT2D eigenvalue weighted by molar-refractivity contribution is -0.119. The van der Waals surface area contributed by atoms with Crippen molar-refractivity contribution in [3.63, 3.8) is 0 Å². The Hall–Kier alpha value is -1.35. The Balaban J connectivity index is 2.46. The summed E-state index contributed by atoms with van der Waals surface area (Å²) in [6.45, 7) is 0. The summed E-state index contributed by atoms with van der Waals surface area (Å²) in [5.41, 5.74) is 2.00. The van der Waals surface area contributed by atoms with E-state index in [2.05, 4.69) is 5.32 Å². The second kappa shape index (κ2) is 2.85. The average Bonchev–Trinajstić information content (AvgIpc) is 2.39. The van der Waals surface area contributed by atoms with Crippen molar-refractivity contribution in [2.45, 2.75) is 6.04 Å². The van der Waals surface area contributed by atoms with E-state index in [-0.39, 0.29) is 11.9 Å². The summed E-state index contributed by atoms with van der Waals surface area (Å²) in [4.78, 5) is 13.4. The molecule has 1 aromatic carbocycles. The van der Waals surface area contributed by atoms with Crippen LogP contribution in [0, 0.1) is 0 Å². The highest BCUT2D eigenvalue weighted by Gasteiger charge is 2.31. The number of nitrogens with one attached hydrogen (secondary N) is 1. The average molecular weight is 176 g/mol. The predicted molar refractivity (Wildman–Crippen MR) is 51.5 cm³/mol. The van der Waals surface area contributed by atoms with E-state index in [0.717, 1.165) is 11.3 Å². The van der Waals surface area contributed by atoms with Crippen molar-refractivity contribution in [2.24, 2.45) is 0 Å². The molecule has 0 aliphatic carbocycles. The molecule has 1 atom stereocenters. The number of carbonyl (C=O) groups is 1. The number of carbonyl (C=O) groups excluding carboxylic acids is 1. The first-order valence-electron chi connectivity index (χ1n) is 4.26. The van der Waals surface area contributed by atoms with E-state index < -0.39 is 0 Å². The number of hydrogen-bond acceptors (Lipinski definition) is 2. The minimum absolute atomic E-state index is 0.0613. The summed E-state index contributed by atoms with van der Waals surface area (Å²) in [5.74, 6) is 0.0613. The highest BCUT2D eigenvalue weighted by atomic mass is 16.2. The number of fused-ring (bicyclic) bond motifs is 1. The summed E-state index contributed by atoms with van der Waals surface area (Å²) in [6.07, 6.45) is 0. The maximum Gasteiger partial charge on any atom is 0.246 e. The molecule has 13 heavy (non-hydrogen) atoms. The summed E-state index contributed by atoms with van der Waals surface area (Å²) in [5, 5.41) is 2.85. The van der Waals surface area contributed by atoms with E-state index in [1.54, 1.807) is 0 Å². The maximum absolute atomic E-state index is 11.5. The molecule has 1 aliphatic rings. The van der Waals surface area contributed by atoms with Gasteiger partial charge >= 0.3 is 0 Å². The number of likely N-dealkylation sites (N-methyl/N-ethyl adjacent to an activating group) is 1. The molecular formula is C10H12N2O. The zero-order valence-corrected chi connectivity index (χ0v) is 7.74. The van der Waals surface area contributed by atoms with Crippen LogP contribution in [0.2, 0.25) is 0 Å². The van der Waals surface area contributed by atoms with Crippen molar-refractivity contribution in [1.82, 2.24) is 4.90 Å². The van der Waals surface area contributed by atoms with Gasteiger partial charge in [-0.05, 0) is 20.2 Å². The third-order valence-corrected chi connectivity index (χ3v) is 2.28. The van der Waals surface area contributed by atoms with Crippen LogP contribution in [-0.4, -0.2) is 24.9 Å². The van der Waals surface area contributed by atoms with Gasteiger partial charge in [-0.25, -0.2) is 0 Å². The quantitative estimate of drug-likeness (QED) is 0.698. The van der Waals surface area contributed by atoms with Gasteiger partial charge in [-0.2, -0.15) is 0 Å². The van der Waals surface area contributed by atoms with Crippen molar-refractivity contribution in [1.29, 1.82) is 0 Å². The topological polar surface area (TPSA) is 32.3 Å². The molecule has 0 aromatic heterocycles. The van der Waals surface area contributed by atoms with Crippen LogP contribution in [0.15, 0.2) is 24.3 Å². The van der Waals surface area contributed by atoms with Gasteiger partial charge in [-0.1, -0.05) is 18.2 Å². The minimum Gasteiger partial charge on any atom is -0.324 e. The first-order valence-corrected chi connectivity index (χ1v) is 4.26. The third-order valence-electron chi connectivity index (χ3n) is 2.28. The molecule has 1 aliphatic heterocycles. The first-order chi connectivity index (χ1) is 6.20. The van der Waals surface area contributed by atoms with Gasteiger partial charge in [0.05, 0.1) is 0 Å². The highest BCUT2D eigenvalue weighted by Crippen LogP contribution is 2.32. The molecule has 0 saturated heterocycles. The van der Waals surface area contributed by atoms with Crippen molar-refractivity contribution in [2.75, 3.05) is 19.4 Å². The van der Waals surface area contributed by atoms with Crippen molar-refractivity contribution < 1.29 is 4.79 Å². The predicted octanol–water partition coefficient (Wildman–Crippen LogP) is 1.24. The standard InChI is InChI=1S/C10H12N2O/c1-12(2)9-7-5-3-4-6-8(7)11-10(9)13/h3-6,9H,1-2H3,(H,11,13). The highest BCUT2D eigenvalue weighted by molar-refractivity contribution is 6.02. The molecule has 0 spiro atoms. The molecule has 1 amide bonds. The largest absolute Gasteiger partial charge is 0.324 e. The van der Waals surface area contributed by atoms with Gasteiger partial charge in [0.2, 0.25) is 5.91 Å². The Morgan fingerprint density at radius 2 is 2.00 bits per heavy atom. The fraction of sp³-hybridized carbons (Fsp3) is 0.300. The van der Waals surface area contributed by atoms with Gasteiger partial charge in [-0.15, -0.1) is 0 Å². The molecule has 0 bridgehead atoms. The van der Waals surface area contributed by atoms with E-state index >= 15 is 0 Å². The SMILES string of the molecule is CN(C)C1C(=O)Nc2ccccc21. The molecule has 0 radical (unpaired) electrons. The number of benzene rings is 1. The fourth-order valence-corrected chi connectivity index (χ4v) is 1.70. The molecule has 2 rings (SSSR count). The van der Waals surface area contributed by atoms with Gasteiger partial charge in [0, 0.05) is 11.3 Å². The van der Waals surface area contributed by atoms with Gasteiger partial charge < -0.3 is 5.32 Å².